The highest BCUT2D eigenvalue weighted by molar-refractivity contribution is 6.07. The molecule has 0 saturated heterocycles. The molecule has 2 rings (SSSR count). The van der Waals surface area contributed by atoms with Crippen molar-refractivity contribution in [3.63, 3.8) is 0 Å². The van der Waals surface area contributed by atoms with E-state index in [9.17, 15) is 4.79 Å². The maximum atomic E-state index is 12.4. The summed E-state index contributed by atoms with van der Waals surface area (Å²) >= 11 is 0. The lowest BCUT2D eigenvalue weighted by Crippen LogP contribution is -1.99. The summed E-state index contributed by atoms with van der Waals surface area (Å²) in [6, 6.07) is 11.2. The summed E-state index contributed by atoms with van der Waals surface area (Å²) < 4.78 is 11.3. The summed E-state index contributed by atoms with van der Waals surface area (Å²) in [6.07, 6.45) is 3.37. The predicted molar refractivity (Wildman–Crippen MR) is 103 cm³/mol. The van der Waals surface area contributed by atoms with Crippen molar-refractivity contribution in [1.82, 2.24) is 0 Å². The molecule has 0 heterocycles. The second-order valence-electron chi connectivity index (χ2n) is 5.55. The number of hydrogen-bond donors (Lipinski definition) is 1. The van der Waals surface area contributed by atoms with Crippen LogP contribution in [0.4, 0.5) is 5.69 Å². The molecule has 0 fully saturated rings. The lowest BCUT2D eigenvalue weighted by atomic mass is 10.1. The molecule has 0 saturated carbocycles. The molecule has 4 heteroatoms. The molecular weight excluding hydrogens is 314 g/mol. The number of anilines is 1. The van der Waals surface area contributed by atoms with Gasteiger partial charge in [0, 0.05) is 29.9 Å². The molecule has 0 aliphatic carbocycles. The van der Waals surface area contributed by atoms with E-state index in [1.807, 2.05) is 64.2 Å². The van der Waals surface area contributed by atoms with Crippen LogP contribution in [0.15, 0.2) is 42.5 Å². The van der Waals surface area contributed by atoms with E-state index in [4.69, 9.17) is 9.47 Å². The van der Waals surface area contributed by atoms with E-state index in [1.165, 1.54) is 0 Å². The van der Waals surface area contributed by atoms with Crippen LogP contribution in [-0.4, -0.2) is 26.0 Å². The van der Waals surface area contributed by atoms with Gasteiger partial charge in [-0.2, -0.15) is 0 Å². The number of aryl methyl sites for hydroxylation is 1. The van der Waals surface area contributed by atoms with Gasteiger partial charge in [0.05, 0.1) is 13.2 Å². The first-order valence-corrected chi connectivity index (χ1v) is 8.49. The Morgan fingerprint density at radius 2 is 1.68 bits per heavy atom. The Hall–Kier alpha value is -2.75. The highest BCUT2D eigenvalue weighted by Crippen LogP contribution is 2.30. The van der Waals surface area contributed by atoms with Crippen molar-refractivity contribution in [1.29, 1.82) is 0 Å². The summed E-state index contributed by atoms with van der Waals surface area (Å²) in [5.74, 6) is 1.47. The van der Waals surface area contributed by atoms with Gasteiger partial charge in [-0.05, 0) is 68.8 Å². The minimum absolute atomic E-state index is 0.0448. The Morgan fingerprint density at radius 3 is 2.28 bits per heavy atom. The zero-order valence-electron chi connectivity index (χ0n) is 15.3. The first-order valence-electron chi connectivity index (χ1n) is 8.49. The van der Waals surface area contributed by atoms with Gasteiger partial charge in [-0.15, -0.1) is 0 Å². The average Bonchev–Trinajstić information content (AvgIpc) is 2.63. The summed E-state index contributed by atoms with van der Waals surface area (Å²) in [6.45, 7) is 7.02. The number of benzene rings is 2. The van der Waals surface area contributed by atoms with E-state index in [0.29, 0.717) is 24.5 Å². The van der Waals surface area contributed by atoms with Crippen LogP contribution in [0, 0.1) is 6.92 Å². The van der Waals surface area contributed by atoms with E-state index in [0.717, 1.165) is 22.6 Å². The molecule has 0 aliphatic rings. The van der Waals surface area contributed by atoms with E-state index in [-0.39, 0.29) is 5.78 Å². The summed E-state index contributed by atoms with van der Waals surface area (Å²) in [5.41, 5.74) is 3.50. The molecule has 0 aromatic heterocycles. The highest BCUT2D eigenvalue weighted by Gasteiger charge is 2.09. The quantitative estimate of drug-likeness (QED) is 0.558. The highest BCUT2D eigenvalue weighted by atomic mass is 16.5. The van der Waals surface area contributed by atoms with Crippen LogP contribution in [0.3, 0.4) is 0 Å². The van der Waals surface area contributed by atoms with Gasteiger partial charge >= 0.3 is 0 Å². The van der Waals surface area contributed by atoms with Crippen LogP contribution >= 0.6 is 0 Å². The van der Waals surface area contributed by atoms with Crippen LogP contribution in [0.5, 0.6) is 11.5 Å². The second-order valence-corrected chi connectivity index (χ2v) is 5.55. The first-order chi connectivity index (χ1) is 12.1. The van der Waals surface area contributed by atoms with Crippen molar-refractivity contribution < 1.29 is 14.3 Å². The molecule has 0 radical (unpaired) electrons. The molecule has 0 aliphatic heterocycles. The molecular formula is C21H25NO3. The first kappa shape index (κ1) is 18.6. The third-order valence-electron chi connectivity index (χ3n) is 3.78. The maximum Gasteiger partial charge on any atom is 0.185 e. The third kappa shape index (κ3) is 4.86. The minimum atomic E-state index is -0.0448. The Kier molecular flexibility index (Phi) is 6.63. The number of hydrogen-bond acceptors (Lipinski definition) is 4. The molecule has 0 atom stereocenters. The van der Waals surface area contributed by atoms with Gasteiger partial charge in [0.15, 0.2) is 5.78 Å². The molecule has 2 aromatic carbocycles. The molecule has 25 heavy (non-hydrogen) atoms. The molecule has 4 nitrogen and oxygen atoms in total. The van der Waals surface area contributed by atoms with Crippen molar-refractivity contribution >= 4 is 17.5 Å². The zero-order valence-corrected chi connectivity index (χ0v) is 15.3. The van der Waals surface area contributed by atoms with Crippen LogP contribution in [0.1, 0.15) is 35.3 Å². The Labute approximate surface area is 149 Å². The van der Waals surface area contributed by atoms with E-state index < -0.39 is 0 Å². The summed E-state index contributed by atoms with van der Waals surface area (Å²) in [7, 11) is 1.85. The lowest BCUT2D eigenvalue weighted by Gasteiger charge is -2.13. The monoisotopic (exact) mass is 339 g/mol. The van der Waals surface area contributed by atoms with Gasteiger partial charge in [0.2, 0.25) is 0 Å². The zero-order chi connectivity index (χ0) is 18.2. The Morgan fingerprint density at radius 1 is 1.04 bits per heavy atom. The fraction of sp³-hybridized carbons (Fsp3) is 0.286. The lowest BCUT2D eigenvalue weighted by molar-refractivity contribution is 0.104. The molecule has 0 spiro atoms. The van der Waals surface area contributed by atoms with E-state index in [1.54, 1.807) is 12.2 Å². The van der Waals surface area contributed by atoms with Gasteiger partial charge in [-0.1, -0.05) is 0 Å². The van der Waals surface area contributed by atoms with E-state index >= 15 is 0 Å². The Bertz CT molecular complexity index is 748. The SMILES string of the molecule is CCOc1cc(OCC)c(/C=C/C(=O)c2ccc(NC)cc2)cc1C. The summed E-state index contributed by atoms with van der Waals surface area (Å²) in [5, 5.41) is 3.04. The largest absolute Gasteiger partial charge is 0.493 e. The molecule has 0 unspecified atom stereocenters. The number of allylic oxidation sites excluding steroid dienone is 1. The topological polar surface area (TPSA) is 47.6 Å². The van der Waals surface area contributed by atoms with E-state index in [2.05, 4.69) is 5.32 Å². The number of nitrogens with one attached hydrogen (secondary N) is 1. The van der Waals surface area contributed by atoms with Gasteiger partial charge in [-0.3, -0.25) is 4.79 Å². The molecule has 0 bridgehead atoms. The van der Waals surface area contributed by atoms with Crippen LogP contribution in [0.25, 0.3) is 6.08 Å². The fourth-order valence-electron chi connectivity index (χ4n) is 2.48. The van der Waals surface area contributed by atoms with Gasteiger partial charge in [-0.25, -0.2) is 0 Å². The molecule has 0 amide bonds. The molecule has 132 valence electrons. The summed E-state index contributed by atoms with van der Waals surface area (Å²) in [4.78, 5) is 12.4. The number of rotatable bonds is 8. The Balaban J connectivity index is 2.25. The van der Waals surface area contributed by atoms with Crippen molar-refractivity contribution in [3.8, 4) is 11.5 Å². The van der Waals surface area contributed by atoms with Gasteiger partial charge in [0.1, 0.15) is 11.5 Å². The van der Waals surface area contributed by atoms with Crippen molar-refractivity contribution in [2.45, 2.75) is 20.8 Å². The van der Waals surface area contributed by atoms with Crippen molar-refractivity contribution in [2.24, 2.45) is 0 Å². The number of ether oxygens (including phenoxy) is 2. The van der Waals surface area contributed by atoms with Crippen LogP contribution < -0.4 is 14.8 Å². The smallest absolute Gasteiger partial charge is 0.185 e. The van der Waals surface area contributed by atoms with Crippen molar-refractivity contribution in [2.75, 3.05) is 25.6 Å². The molecule has 2 aromatic rings. The average molecular weight is 339 g/mol. The predicted octanol–water partition coefficient (Wildman–Crippen LogP) is 4.73. The second kappa shape index (κ2) is 8.92. The molecule has 1 N–H and O–H groups in total. The normalized spacial score (nSPS) is 10.7. The van der Waals surface area contributed by atoms with Gasteiger partial charge in [0.25, 0.3) is 0 Å². The number of ketones is 1. The minimum Gasteiger partial charge on any atom is -0.493 e. The van der Waals surface area contributed by atoms with Crippen LogP contribution in [0.2, 0.25) is 0 Å². The standard InChI is InChI=1S/C21H25NO3/c1-5-24-20-14-21(25-6-2)17(13-15(20)3)9-12-19(23)16-7-10-18(22-4)11-8-16/h7-14,22H,5-6H2,1-4H3/b12-9+. The van der Waals surface area contributed by atoms with Crippen molar-refractivity contribution in [3.05, 3.63) is 59.2 Å². The number of carbonyl (C=O) groups is 1. The van der Waals surface area contributed by atoms with Crippen LogP contribution in [-0.2, 0) is 0 Å². The third-order valence-corrected chi connectivity index (χ3v) is 3.78. The maximum absolute atomic E-state index is 12.4. The number of carbonyl (C=O) groups excluding carboxylic acids is 1. The van der Waals surface area contributed by atoms with Gasteiger partial charge < -0.3 is 14.8 Å². The fourth-order valence-corrected chi connectivity index (χ4v) is 2.48.